The van der Waals surface area contributed by atoms with Gasteiger partial charge in [-0.1, -0.05) is 188 Å². The zero-order chi connectivity index (χ0) is 37.1. The average molecular weight is 717 g/mol. The molecular formula is C53H38N3-. The number of nitrogens with one attached hydrogen (secondary N) is 1. The van der Waals surface area contributed by atoms with E-state index in [9.17, 15) is 0 Å². The Morgan fingerprint density at radius 2 is 0.982 bits per heavy atom. The van der Waals surface area contributed by atoms with Gasteiger partial charge in [0.1, 0.15) is 0 Å². The highest BCUT2D eigenvalue weighted by Crippen LogP contribution is 2.63. The minimum absolute atomic E-state index is 0.0680. The average Bonchev–Trinajstić information content (AvgIpc) is 3.57. The summed E-state index contributed by atoms with van der Waals surface area (Å²) in [5.41, 5.74) is 17.8. The molecule has 0 bridgehead atoms. The van der Waals surface area contributed by atoms with Crippen molar-refractivity contribution in [2.75, 3.05) is 4.90 Å². The second kappa shape index (κ2) is 13.1. The van der Waals surface area contributed by atoms with Crippen molar-refractivity contribution < 1.29 is 0 Å². The SMILES string of the molecule is C1=C(c2cccc(-c3ccc4c(c3)C3(c5ccccc5-4)c4ccccc4N(c4ccccc4)c4ccccc43)c2)NC(c2ccccc2)[N-]C1c1ccccc1. The monoisotopic (exact) mass is 716 g/mol. The summed E-state index contributed by atoms with van der Waals surface area (Å²) < 4.78 is 0. The van der Waals surface area contributed by atoms with E-state index >= 15 is 0 Å². The van der Waals surface area contributed by atoms with Crippen molar-refractivity contribution in [3.8, 4) is 22.3 Å². The smallest absolute Gasteiger partial charge is 0.0754 e. The maximum absolute atomic E-state index is 5.26. The van der Waals surface area contributed by atoms with Gasteiger partial charge in [-0.3, -0.25) is 0 Å². The van der Waals surface area contributed by atoms with Gasteiger partial charge in [-0.05, 0) is 98.2 Å². The Morgan fingerprint density at radius 1 is 0.429 bits per heavy atom. The predicted octanol–water partition coefficient (Wildman–Crippen LogP) is 13.3. The van der Waals surface area contributed by atoms with Crippen molar-refractivity contribution in [1.82, 2.24) is 5.32 Å². The number of fused-ring (bicyclic) bond motifs is 9. The van der Waals surface area contributed by atoms with Crippen LogP contribution in [0, 0.1) is 0 Å². The first-order valence-electron chi connectivity index (χ1n) is 19.4. The Hall–Kier alpha value is -6.94. The van der Waals surface area contributed by atoms with Crippen LogP contribution in [0.3, 0.4) is 0 Å². The van der Waals surface area contributed by atoms with Gasteiger partial charge in [0.05, 0.1) is 16.8 Å². The van der Waals surface area contributed by atoms with Crippen LogP contribution in [0.5, 0.6) is 0 Å². The summed E-state index contributed by atoms with van der Waals surface area (Å²) in [6.07, 6.45) is 2.11. The Balaban J connectivity index is 1.08. The minimum Gasteiger partial charge on any atom is -0.629 e. The molecule has 0 radical (unpaired) electrons. The molecule has 2 aliphatic heterocycles. The molecule has 1 N–H and O–H groups in total. The molecule has 1 aliphatic carbocycles. The molecule has 11 rings (SSSR count). The number of para-hydroxylation sites is 3. The first-order valence-corrected chi connectivity index (χ1v) is 19.4. The quantitative estimate of drug-likeness (QED) is 0.192. The van der Waals surface area contributed by atoms with Crippen LogP contribution in [0.15, 0.2) is 212 Å². The molecule has 0 saturated carbocycles. The van der Waals surface area contributed by atoms with Crippen LogP contribution in [0.4, 0.5) is 17.1 Å². The highest BCUT2D eigenvalue weighted by Gasteiger charge is 2.51. The molecule has 3 nitrogen and oxygen atoms in total. The zero-order valence-electron chi connectivity index (χ0n) is 30.8. The fourth-order valence-electron chi connectivity index (χ4n) is 9.42. The molecule has 0 fully saturated rings. The van der Waals surface area contributed by atoms with E-state index in [0.717, 1.165) is 22.5 Å². The van der Waals surface area contributed by atoms with Gasteiger partial charge in [0.15, 0.2) is 0 Å². The van der Waals surface area contributed by atoms with Crippen LogP contribution in [-0.2, 0) is 5.41 Å². The predicted molar refractivity (Wildman–Crippen MR) is 230 cm³/mol. The van der Waals surface area contributed by atoms with E-state index in [0.29, 0.717) is 0 Å². The number of rotatable bonds is 5. The summed E-state index contributed by atoms with van der Waals surface area (Å²) >= 11 is 0. The van der Waals surface area contributed by atoms with Crippen LogP contribution in [0.2, 0.25) is 0 Å². The fraction of sp³-hybridized carbons (Fsp3) is 0.0566. The van der Waals surface area contributed by atoms with Crippen LogP contribution < -0.4 is 10.2 Å². The van der Waals surface area contributed by atoms with Gasteiger partial charge in [-0.15, -0.1) is 0 Å². The summed E-state index contributed by atoms with van der Waals surface area (Å²) in [5, 5.41) is 9.05. The fourth-order valence-corrected chi connectivity index (χ4v) is 9.42. The Kier molecular flexibility index (Phi) is 7.61. The largest absolute Gasteiger partial charge is 0.629 e. The maximum atomic E-state index is 5.26. The van der Waals surface area contributed by atoms with Crippen molar-refractivity contribution in [2.45, 2.75) is 17.6 Å². The molecule has 2 unspecified atom stereocenters. The lowest BCUT2D eigenvalue weighted by atomic mass is 9.64. The molecule has 1 spiro atoms. The van der Waals surface area contributed by atoms with E-state index in [2.05, 4.69) is 223 Å². The molecule has 56 heavy (non-hydrogen) atoms. The number of hydrogen-bond donors (Lipinski definition) is 1. The third kappa shape index (κ3) is 5.02. The van der Waals surface area contributed by atoms with E-state index in [-0.39, 0.29) is 12.2 Å². The molecule has 266 valence electrons. The highest BCUT2D eigenvalue weighted by molar-refractivity contribution is 5.96. The van der Waals surface area contributed by atoms with Gasteiger partial charge in [0.2, 0.25) is 0 Å². The Morgan fingerprint density at radius 3 is 1.70 bits per heavy atom. The highest BCUT2D eigenvalue weighted by atomic mass is 15.2. The minimum atomic E-state index is -0.501. The second-order valence-corrected chi connectivity index (χ2v) is 14.9. The molecule has 0 amide bonds. The maximum Gasteiger partial charge on any atom is 0.0754 e. The number of anilines is 3. The molecule has 3 heteroatoms. The zero-order valence-corrected chi connectivity index (χ0v) is 30.8. The van der Waals surface area contributed by atoms with E-state index < -0.39 is 5.41 Å². The van der Waals surface area contributed by atoms with Crippen molar-refractivity contribution >= 4 is 22.8 Å². The van der Waals surface area contributed by atoms with E-state index in [1.165, 1.54) is 61.4 Å². The van der Waals surface area contributed by atoms with Crippen LogP contribution in [0.1, 0.15) is 51.2 Å². The van der Waals surface area contributed by atoms with E-state index in [4.69, 9.17) is 5.32 Å². The van der Waals surface area contributed by atoms with E-state index in [1.54, 1.807) is 0 Å². The second-order valence-electron chi connectivity index (χ2n) is 14.9. The third-order valence-corrected chi connectivity index (χ3v) is 11.8. The summed E-state index contributed by atoms with van der Waals surface area (Å²) in [6, 6.07) is 75.0. The number of benzene rings is 8. The summed E-state index contributed by atoms with van der Waals surface area (Å²) in [5.74, 6) is 0. The molecular weight excluding hydrogens is 679 g/mol. The van der Waals surface area contributed by atoms with Gasteiger partial charge in [0, 0.05) is 11.4 Å². The standard InChI is InChI=1S/C53H38N3/c1-4-17-36(18-5-1)48-35-49(55-52(54-48)37-19-6-2-7-20-37)40-22-16-21-38(33-40)39-31-32-43-42-25-10-11-26-44(42)53(47(43)34-39)45-27-12-14-29-50(45)56(41-23-8-3-9-24-41)51-30-15-13-28-46(51)53/h1-35,48,52,55H/q-1. The first kappa shape index (κ1) is 32.5. The van der Waals surface area contributed by atoms with Crippen LogP contribution in [0.25, 0.3) is 33.3 Å². The Bertz CT molecular complexity index is 2720. The van der Waals surface area contributed by atoms with Crippen molar-refractivity contribution in [3.05, 3.63) is 257 Å². The summed E-state index contributed by atoms with van der Waals surface area (Å²) in [7, 11) is 0. The van der Waals surface area contributed by atoms with Gasteiger partial charge in [-0.2, -0.15) is 0 Å². The number of nitrogens with zero attached hydrogens (tertiary/aromatic N) is 2. The van der Waals surface area contributed by atoms with E-state index in [1.807, 2.05) is 0 Å². The van der Waals surface area contributed by atoms with Crippen molar-refractivity contribution in [3.63, 3.8) is 0 Å². The van der Waals surface area contributed by atoms with Crippen LogP contribution >= 0.6 is 0 Å². The topological polar surface area (TPSA) is 29.4 Å². The lowest BCUT2D eigenvalue weighted by Crippen LogP contribution is -2.36. The Labute approximate surface area is 328 Å². The van der Waals surface area contributed by atoms with Gasteiger partial charge < -0.3 is 15.5 Å². The molecule has 0 aromatic heterocycles. The third-order valence-electron chi connectivity index (χ3n) is 11.8. The molecule has 8 aromatic carbocycles. The summed E-state index contributed by atoms with van der Waals surface area (Å²) in [6.45, 7) is 0. The van der Waals surface area contributed by atoms with Crippen molar-refractivity contribution in [1.29, 1.82) is 0 Å². The first-order chi connectivity index (χ1) is 27.8. The lowest BCUT2D eigenvalue weighted by molar-refractivity contribution is 0.664. The van der Waals surface area contributed by atoms with Gasteiger partial charge >= 0.3 is 0 Å². The number of hydrogen-bond acceptors (Lipinski definition) is 2. The molecule has 2 heterocycles. The molecule has 3 aliphatic rings. The normalized spacial score (nSPS) is 17.2. The molecule has 0 saturated heterocycles. The summed E-state index contributed by atoms with van der Waals surface area (Å²) in [4.78, 5) is 2.44. The van der Waals surface area contributed by atoms with Crippen LogP contribution in [-0.4, -0.2) is 0 Å². The van der Waals surface area contributed by atoms with Gasteiger partial charge in [0.25, 0.3) is 0 Å². The van der Waals surface area contributed by atoms with Crippen molar-refractivity contribution in [2.24, 2.45) is 0 Å². The molecule has 2 atom stereocenters. The molecule has 8 aromatic rings. The lowest BCUT2D eigenvalue weighted by Gasteiger charge is -2.45. The van der Waals surface area contributed by atoms with Gasteiger partial charge in [-0.25, -0.2) is 0 Å².